The van der Waals surface area contributed by atoms with Gasteiger partial charge in [-0.1, -0.05) is 12.8 Å². The number of aromatic nitrogens is 2. The SMILES string of the molecule is CCCC#Cc1cc([N+](=O)[O-])nn1C. The maximum atomic E-state index is 10.4. The molecule has 0 aromatic carbocycles. The number of rotatable bonds is 2. The van der Waals surface area contributed by atoms with Crippen LogP contribution < -0.4 is 0 Å². The fourth-order valence-electron chi connectivity index (χ4n) is 0.936. The van der Waals surface area contributed by atoms with E-state index in [0.29, 0.717) is 5.69 Å². The highest BCUT2D eigenvalue weighted by Gasteiger charge is 2.13. The van der Waals surface area contributed by atoms with E-state index in [1.54, 1.807) is 7.05 Å². The van der Waals surface area contributed by atoms with Gasteiger partial charge in [0.15, 0.2) is 0 Å². The minimum atomic E-state index is -0.523. The van der Waals surface area contributed by atoms with Gasteiger partial charge in [-0.15, -0.1) is 0 Å². The average Bonchev–Trinajstić information content (AvgIpc) is 2.49. The summed E-state index contributed by atoms with van der Waals surface area (Å²) < 4.78 is 1.42. The molecule has 0 N–H and O–H groups in total. The summed E-state index contributed by atoms with van der Waals surface area (Å²) in [4.78, 5) is 9.86. The molecule has 0 aliphatic carbocycles. The van der Waals surface area contributed by atoms with Gasteiger partial charge in [0.05, 0.1) is 18.2 Å². The van der Waals surface area contributed by atoms with Gasteiger partial charge in [0, 0.05) is 6.42 Å². The van der Waals surface area contributed by atoms with Crippen molar-refractivity contribution in [3.05, 3.63) is 21.9 Å². The smallest absolute Gasteiger partial charge is 0.358 e. The molecule has 1 heterocycles. The van der Waals surface area contributed by atoms with E-state index in [-0.39, 0.29) is 5.82 Å². The molecular formula is C9H11N3O2. The highest BCUT2D eigenvalue weighted by Crippen LogP contribution is 2.09. The van der Waals surface area contributed by atoms with Crippen LogP contribution >= 0.6 is 0 Å². The predicted octanol–water partition coefficient (Wildman–Crippen LogP) is 1.48. The van der Waals surface area contributed by atoms with Gasteiger partial charge in [0.1, 0.15) is 5.69 Å². The van der Waals surface area contributed by atoms with Crippen molar-refractivity contribution in [1.29, 1.82) is 0 Å². The summed E-state index contributed by atoms with van der Waals surface area (Å²) in [6.07, 6.45) is 1.77. The Kier molecular flexibility index (Phi) is 3.24. The fraction of sp³-hybridized carbons (Fsp3) is 0.444. The number of nitro groups is 1. The topological polar surface area (TPSA) is 61.0 Å². The van der Waals surface area contributed by atoms with Gasteiger partial charge in [-0.2, -0.15) is 4.68 Å². The molecular weight excluding hydrogens is 182 g/mol. The van der Waals surface area contributed by atoms with Crippen LogP contribution in [0, 0.1) is 22.0 Å². The molecule has 0 fully saturated rings. The van der Waals surface area contributed by atoms with Crippen LogP contribution in [-0.4, -0.2) is 14.7 Å². The monoisotopic (exact) mass is 193 g/mol. The molecule has 1 aromatic heterocycles. The summed E-state index contributed by atoms with van der Waals surface area (Å²) in [5.41, 5.74) is 0.574. The second kappa shape index (κ2) is 4.42. The third-order valence-corrected chi connectivity index (χ3v) is 1.65. The van der Waals surface area contributed by atoms with E-state index < -0.39 is 4.92 Å². The van der Waals surface area contributed by atoms with E-state index in [1.165, 1.54) is 10.7 Å². The van der Waals surface area contributed by atoms with Crippen LogP contribution in [0.3, 0.4) is 0 Å². The normalized spacial score (nSPS) is 9.29. The second-order valence-corrected chi connectivity index (χ2v) is 2.82. The van der Waals surface area contributed by atoms with Gasteiger partial charge in [0.25, 0.3) is 0 Å². The summed E-state index contributed by atoms with van der Waals surface area (Å²) in [5, 5.41) is 14.1. The van der Waals surface area contributed by atoms with Gasteiger partial charge in [-0.25, -0.2) is 0 Å². The summed E-state index contributed by atoms with van der Waals surface area (Å²) in [6.45, 7) is 2.03. The lowest BCUT2D eigenvalue weighted by Gasteiger charge is -1.83. The molecule has 1 aromatic rings. The standard InChI is InChI=1S/C9H11N3O2/c1-3-4-5-6-8-7-9(12(13)14)10-11(8)2/h7H,3-4H2,1-2H3. The van der Waals surface area contributed by atoms with E-state index in [1.807, 2.05) is 6.92 Å². The summed E-state index contributed by atoms with van der Waals surface area (Å²) >= 11 is 0. The Bertz CT molecular complexity index is 398. The molecule has 0 bridgehead atoms. The Morgan fingerprint density at radius 1 is 1.71 bits per heavy atom. The van der Waals surface area contributed by atoms with Crippen LogP contribution in [0.1, 0.15) is 25.5 Å². The van der Waals surface area contributed by atoms with E-state index in [4.69, 9.17) is 0 Å². The zero-order valence-electron chi connectivity index (χ0n) is 8.15. The van der Waals surface area contributed by atoms with Gasteiger partial charge in [-0.3, -0.25) is 0 Å². The first-order valence-corrected chi connectivity index (χ1v) is 4.32. The maximum Gasteiger partial charge on any atom is 0.391 e. The number of nitrogens with zero attached hydrogens (tertiary/aromatic N) is 3. The highest BCUT2D eigenvalue weighted by atomic mass is 16.6. The first kappa shape index (κ1) is 10.3. The molecule has 0 radical (unpaired) electrons. The number of hydrogen-bond donors (Lipinski definition) is 0. The molecule has 14 heavy (non-hydrogen) atoms. The van der Waals surface area contributed by atoms with Crippen LogP contribution in [-0.2, 0) is 7.05 Å². The average molecular weight is 193 g/mol. The second-order valence-electron chi connectivity index (χ2n) is 2.82. The third-order valence-electron chi connectivity index (χ3n) is 1.65. The van der Waals surface area contributed by atoms with E-state index in [9.17, 15) is 10.1 Å². The molecule has 0 unspecified atom stereocenters. The van der Waals surface area contributed by atoms with Crippen molar-refractivity contribution < 1.29 is 4.92 Å². The Balaban J connectivity index is 2.89. The Hall–Kier alpha value is -1.83. The molecule has 5 nitrogen and oxygen atoms in total. The quantitative estimate of drug-likeness (QED) is 0.406. The third kappa shape index (κ3) is 2.33. The summed E-state index contributed by atoms with van der Waals surface area (Å²) in [6, 6.07) is 1.38. The van der Waals surface area contributed by atoms with E-state index >= 15 is 0 Å². The van der Waals surface area contributed by atoms with E-state index in [2.05, 4.69) is 16.9 Å². The Morgan fingerprint density at radius 2 is 2.43 bits per heavy atom. The lowest BCUT2D eigenvalue weighted by molar-refractivity contribution is -0.389. The summed E-state index contributed by atoms with van der Waals surface area (Å²) in [7, 11) is 1.64. The van der Waals surface area contributed by atoms with Crippen molar-refractivity contribution in [2.75, 3.05) is 0 Å². The molecule has 1 rings (SSSR count). The minimum absolute atomic E-state index is 0.159. The zero-order valence-corrected chi connectivity index (χ0v) is 8.15. The molecule has 0 saturated heterocycles. The fourth-order valence-corrected chi connectivity index (χ4v) is 0.936. The molecule has 0 spiro atoms. The highest BCUT2D eigenvalue weighted by molar-refractivity contribution is 5.34. The predicted molar refractivity (Wildman–Crippen MR) is 51.6 cm³/mol. The summed E-state index contributed by atoms with van der Waals surface area (Å²) in [5.74, 6) is 5.59. The first-order valence-electron chi connectivity index (χ1n) is 4.32. The molecule has 0 aliphatic heterocycles. The van der Waals surface area contributed by atoms with Crippen molar-refractivity contribution >= 4 is 5.82 Å². The molecule has 0 saturated carbocycles. The molecule has 5 heteroatoms. The lowest BCUT2D eigenvalue weighted by atomic mass is 10.3. The van der Waals surface area contributed by atoms with Crippen LogP contribution in [0.25, 0.3) is 0 Å². The zero-order chi connectivity index (χ0) is 10.6. The molecule has 74 valence electrons. The first-order chi connectivity index (χ1) is 6.65. The van der Waals surface area contributed by atoms with Crippen molar-refractivity contribution in [1.82, 2.24) is 9.78 Å². The Morgan fingerprint density at radius 3 is 2.93 bits per heavy atom. The minimum Gasteiger partial charge on any atom is -0.358 e. The van der Waals surface area contributed by atoms with Gasteiger partial charge in [0.2, 0.25) is 0 Å². The van der Waals surface area contributed by atoms with Crippen LogP contribution in [0.4, 0.5) is 5.82 Å². The largest absolute Gasteiger partial charge is 0.391 e. The van der Waals surface area contributed by atoms with Gasteiger partial charge < -0.3 is 10.1 Å². The van der Waals surface area contributed by atoms with Gasteiger partial charge in [-0.05, 0) is 17.3 Å². The van der Waals surface area contributed by atoms with Crippen LogP contribution in [0.5, 0.6) is 0 Å². The van der Waals surface area contributed by atoms with Crippen LogP contribution in [0.2, 0.25) is 0 Å². The Labute approximate surface area is 81.9 Å². The molecule has 0 atom stereocenters. The van der Waals surface area contributed by atoms with Crippen LogP contribution in [0.15, 0.2) is 6.07 Å². The maximum absolute atomic E-state index is 10.4. The number of aryl methyl sites for hydroxylation is 1. The van der Waals surface area contributed by atoms with Crippen molar-refractivity contribution in [3.63, 3.8) is 0 Å². The van der Waals surface area contributed by atoms with Crippen molar-refractivity contribution in [3.8, 4) is 11.8 Å². The molecule has 0 amide bonds. The van der Waals surface area contributed by atoms with Crippen molar-refractivity contribution in [2.24, 2.45) is 7.05 Å². The number of hydrogen-bond acceptors (Lipinski definition) is 3. The van der Waals surface area contributed by atoms with Crippen molar-refractivity contribution in [2.45, 2.75) is 19.8 Å². The molecule has 0 aliphatic rings. The number of unbranched alkanes of at least 4 members (excludes halogenated alkanes) is 1. The van der Waals surface area contributed by atoms with E-state index in [0.717, 1.165) is 12.8 Å². The lowest BCUT2D eigenvalue weighted by Crippen LogP contribution is -1.94. The van der Waals surface area contributed by atoms with Gasteiger partial charge >= 0.3 is 5.82 Å².